The summed E-state index contributed by atoms with van der Waals surface area (Å²) in [5.74, 6) is -0.353. The molecule has 7 nitrogen and oxygen atoms in total. The molecule has 0 aliphatic heterocycles. The van der Waals surface area contributed by atoms with E-state index in [4.69, 9.17) is 5.53 Å². The van der Waals surface area contributed by atoms with Crippen molar-refractivity contribution in [1.82, 2.24) is 0 Å². The first-order chi connectivity index (χ1) is 8.37. The van der Waals surface area contributed by atoms with E-state index in [9.17, 15) is 17.1 Å². The van der Waals surface area contributed by atoms with Crippen molar-refractivity contribution in [3.63, 3.8) is 0 Å². The summed E-state index contributed by atoms with van der Waals surface area (Å²) in [5, 5.41) is 3.28. The van der Waals surface area contributed by atoms with Crippen LogP contribution in [0, 0.1) is 6.92 Å². The van der Waals surface area contributed by atoms with E-state index >= 15 is 0 Å². The van der Waals surface area contributed by atoms with Crippen LogP contribution in [0.5, 0.6) is 5.75 Å². The van der Waals surface area contributed by atoms with Gasteiger partial charge in [-0.05, 0) is 35.7 Å². The van der Waals surface area contributed by atoms with Crippen LogP contribution in [0.3, 0.4) is 0 Å². The van der Waals surface area contributed by atoms with Gasteiger partial charge in [0.1, 0.15) is 12.0 Å². The highest BCUT2D eigenvalue weighted by Gasteiger charge is 2.13. The highest BCUT2D eigenvalue weighted by molar-refractivity contribution is 7.81. The Morgan fingerprint density at radius 1 is 1.56 bits per heavy atom. The van der Waals surface area contributed by atoms with Crippen molar-refractivity contribution >= 4 is 16.8 Å². The minimum absolute atomic E-state index is 0.104. The zero-order chi connectivity index (χ0) is 13.8. The standard InChI is InChI=1S/C9H8FN3O4S/c1-6-7(4-12-13-11)2-9(3-8(6)5-14)17-18(10,15)16/h2-3,5H,4H2,1H3. The molecule has 0 saturated heterocycles. The monoisotopic (exact) mass is 273 g/mol. The number of carbonyl (C=O) groups excluding carboxylic acids is 1. The fourth-order valence-corrected chi connectivity index (χ4v) is 1.65. The molecule has 0 heterocycles. The molecule has 1 rings (SSSR count). The third-order valence-electron chi connectivity index (χ3n) is 2.16. The minimum Gasteiger partial charge on any atom is -0.358 e. The van der Waals surface area contributed by atoms with Gasteiger partial charge in [0.05, 0.1) is 6.54 Å². The molecule has 0 atom stereocenters. The second-order valence-corrected chi connectivity index (χ2v) is 4.23. The minimum atomic E-state index is -5.17. The van der Waals surface area contributed by atoms with Crippen LogP contribution < -0.4 is 4.18 Å². The molecular formula is C9H8FN3O4S. The normalized spacial score (nSPS) is 10.6. The van der Waals surface area contributed by atoms with Gasteiger partial charge in [-0.25, -0.2) is 0 Å². The van der Waals surface area contributed by atoms with Gasteiger partial charge in [0.25, 0.3) is 0 Å². The molecular weight excluding hydrogens is 265 g/mol. The van der Waals surface area contributed by atoms with E-state index in [-0.39, 0.29) is 17.9 Å². The Morgan fingerprint density at radius 3 is 2.72 bits per heavy atom. The molecule has 1 aromatic rings. The van der Waals surface area contributed by atoms with Gasteiger partial charge in [-0.15, -0.1) is 0 Å². The number of rotatable bonds is 5. The van der Waals surface area contributed by atoms with Crippen molar-refractivity contribution in [1.29, 1.82) is 0 Å². The predicted octanol–water partition coefficient (Wildman–Crippen LogP) is 2.21. The smallest absolute Gasteiger partial charge is 0.358 e. The second-order valence-electron chi connectivity index (χ2n) is 3.28. The van der Waals surface area contributed by atoms with Gasteiger partial charge in [0.15, 0.2) is 0 Å². The van der Waals surface area contributed by atoms with Gasteiger partial charge in [0, 0.05) is 10.5 Å². The lowest BCUT2D eigenvalue weighted by molar-refractivity contribution is 0.112. The maximum Gasteiger partial charge on any atom is 0.488 e. The average molecular weight is 273 g/mol. The van der Waals surface area contributed by atoms with Crippen LogP contribution in [-0.4, -0.2) is 14.7 Å². The molecule has 0 bridgehead atoms. The van der Waals surface area contributed by atoms with E-state index < -0.39 is 10.5 Å². The van der Waals surface area contributed by atoms with Crippen LogP contribution in [0.1, 0.15) is 21.5 Å². The maximum atomic E-state index is 12.4. The number of halogens is 1. The lowest BCUT2D eigenvalue weighted by Crippen LogP contribution is -2.03. The lowest BCUT2D eigenvalue weighted by Gasteiger charge is -2.08. The summed E-state index contributed by atoms with van der Waals surface area (Å²) in [6.07, 6.45) is 0.465. The number of hydrogen-bond acceptors (Lipinski definition) is 5. The quantitative estimate of drug-likeness (QED) is 0.269. The molecule has 96 valence electrons. The SMILES string of the molecule is Cc1c(C=O)cc(OS(=O)(=O)F)cc1CN=[N+]=[N-]. The van der Waals surface area contributed by atoms with Crippen LogP contribution in [0.25, 0.3) is 10.4 Å². The van der Waals surface area contributed by atoms with Crippen LogP contribution in [0.15, 0.2) is 17.2 Å². The van der Waals surface area contributed by atoms with E-state index in [1.54, 1.807) is 6.92 Å². The zero-order valence-corrected chi connectivity index (χ0v) is 10.0. The first kappa shape index (κ1) is 13.9. The van der Waals surface area contributed by atoms with Crippen molar-refractivity contribution in [3.8, 4) is 5.75 Å². The maximum absolute atomic E-state index is 12.4. The van der Waals surface area contributed by atoms with Gasteiger partial charge in [-0.3, -0.25) is 4.79 Å². The van der Waals surface area contributed by atoms with Crippen LogP contribution >= 0.6 is 0 Å². The Hall–Kier alpha value is -2.12. The molecule has 0 amide bonds. The molecule has 0 N–H and O–H groups in total. The summed E-state index contributed by atoms with van der Waals surface area (Å²) in [5.41, 5.74) is 9.20. The molecule has 0 aliphatic rings. The van der Waals surface area contributed by atoms with Crippen molar-refractivity contribution in [2.45, 2.75) is 13.5 Å². The first-order valence-electron chi connectivity index (χ1n) is 4.61. The van der Waals surface area contributed by atoms with Crippen molar-refractivity contribution in [3.05, 3.63) is 39.3 Å². The fraction of sp³-hybridized carbons (Fsp3) is 0.222. The third kappa shape index (κ3) is 3.72. The summed E-state index contributed by atoms with van der Waals surface area (Å²) in [6.45, 7) is 1.48. The molecule has 18 heavy (non-hydrogen) atoms. The largest absolute Gasteiger partial charge is 0.488 e. The fourth-order valence-electron chi connectivity index (χ4n) is 1.33. The number of aldehydes is 1. The molecule has 9 heteroatoms. The van der Waals surface area contributed by atoms with Crippen molar-refractivity contribution in [2.75, 3.05) is 0 Å². The number of benzene rings is 1. The van der Waals surface area contributed by atoms with Crippen molar-refractivity contribution in [2.24, 2.45) is 5.11 Å². The average Bonchev–Trinajstić information content (AvgIpc) is 2.27. The van der Waals surface area contributed by atoms with Gasteiger partial charge in [-0.2, -0.15) is 8.42 Å². The Kier molecular flexibility index (Phi) is 4.24. The molecule has 0 unspecified atom stereocenters. The summed E-state index contributed by atoms with van der Waals surface area (Å²) in [7, 11) is -5.17. The molecule has 0 aromatic heterocycles. The Balaban J connectivity index is 3.29. The van der Waals surface area contributed by atoms with E-state index in [1.807, 2.05) is 0 Å². The topological polar surface area (TPSA) is 109 Å². The van der Waals surface area contributed by atoms with E-state index in [1.165, 1.54) is 6.07 Å². The lowest BCUT2D eigenvalue weighted by atomic mass is 10.0. The van der Waals surface area contributed by atoms with E-state index in [0.717, 1.165) is 6.07 Å². The first-order valence-corrected chi connectivity index (χ1v) is 5.92. The van der Waals surface area contributed by atoms with Gasteiger partial charge in [0.2, 0.25) is 0 Å². The zero-order valence-electron chi connectivity index (χ0n) is 9.20. The third-order valence-corrected chi connectivity index (χ3v) is 2.55. The number of hydrogen-bond donors (Lipinski definition) is 0. The molecule has 0 fully saturated rings. The Morgan fingerprint density at radius 2 is 2.22 bits per heavy atom. The second kappa shape index (κ2) is 5.48. The Labute approximate surface area is 102 Å². The number of azide groups is 1. The molecule has 0 spiro atoms. The van der Waals surface area contributed by atoms with Gasteiger partial charge >= 0.3 is 10.5 Å². The molecule has 0 aliphatic carbocycles. The van der Waals surface area contributed by atoms with Crippen molar-refractivity contribution < 1.29 is 21.3 Å². The van der Waals surface area contributed by atoms with Crippen LogP contribution in [-0.2, 0) is 17.0 Å². The summed E-state index contributed by atoms with van der Waals surface area (Å²) in [6, 6.07) is 2.27. The summed E-state index contributed by atoms with van der Waals surface area (Å²) < 4.78 is 37.1. The summed E-state index contributed by atoms with van der Waals surface area (Å²) >= 11 is 0. The highest BCUT2D eigenvalue weighted by atomic mass is 32.3. The van der Waals surface area contributed by atoms with Gasteiger partial charge < -0.3 is 4.18 Å². The van der Waals surface area contributed by atoms with Crippen LogP contribution in [0.2, 0.25) is 0 Å². The number of nitrogens with zero attached hydrogens (tertiary/aromatic N) is 3. The van der Waals surface area contributed by atoms with Gasteiger partial charge in [-0.1, -0.05) is 9.00 Å². The Bertz CT molecular complexity index is 623. The van der Waals surface area contributed by atoms with E-state index in [0.29, 0.717) is 17.4 Å². The van der Waals surface area contributed by atoms with E-state index in [2.05, 4.69) is 14.2 Å². The molecule has 0 radical (unpaired) electrons. The molecule has 0 saturated carbocycles. The number of carbonyl (C=O) groups is 1. The van der Waals surface area contributed by atoms with Crippen LogP contribution in [0.4, 0.5) is 3.89 Å². The molecule has 1 aromatic carbocycles. The predicted molar refractivity (Wildman–Crippen MR) is 60.1 cm³/mol. The highest BCUT2D eigenvalue weighted by Crippen LogP contribution is 2.23. The summed E-state index contributed by atoms with van der Waals surface area (Å²) in [4.78, 5) is 13.3.